The maximum Gasteiger partial charge on any atom is 0.246 e. The lowest BCUT2D eigenvalue weighted by Crippen LogP contribution is -2.60. The normalized spacial score (nSPS) is 15.6. The van der Waals surface area contributed by atoms with Crippen molar-refractivity contribution >= 4 is 34.5 Å². The first-order valence-corrected chi connectivity index (χ1v) is 17.6. The van der Waals surface area contributed by atoms with E-state index in [0.29, 0.717) is 13.0 Å². The SMILES string of the molecule is CN(C(=O)[C@@H]1Cc2c([nH]c3ccccc23)CN1)[C@@H](Cc1ccccc1)C(=O)N(C)[C@@H](Cc1ccccc1)C(=O)N(C)[C@@H](Cc1ccccc1)C(N)=O. The maximum atomic E-state index is 14.8. The second-order valence-corrected chi connectivity index (χ2v) is 13.6. The molecule has 1 aliphatic heterocycles. The van der Waals surface area contributed by atoms with E-state index in [1.54, 1.807) is 21.1 Å². The van der Waals surface area contributed by atoms with Crippen molar-refractivity contribution in [1.29, 1.82) is 0 Å². The number of fused-ring (bicyclic) bond motifs is 3. The molecule has 10 nitrogen and oxygen atoms in total. The van der Waals surface area contributed by atoms with Crippen LogP contribution in [0.4, 0.5) is 0 Å². The molecule has 4 atom stereocenters. The van der Waals surface area contributed by atoms with Gasteiger partial charge >= 0.3 is 0 Å². The van der Waals surface area contributed by atoms with Crippen LogP contribution in [0.1, 0.15) is 27.9 Å². The highest BCUT2D eigenvalue weighted by Crippen LogP contribution is 2.27. The molecule has 0 aliphatic carbocycles. The summed E-state index contributed by atoms with van der Waals surface area (Å²) in [4.78, 5) is 64.2. The van der Waals surface area contributed by atoms with E-state index < -0.39 is 36.0 Å². The number of hydrogen-bond acceptors (Lipinski definition) is 5. The van der Waals surface area contributed by atoms with Crippen molar-refractivity contribution in [2.24, 2.45) is 5.73 Å². The molecule has 10 heteroatoms. The molecule has 4 aromatic carbocycles. The molecule has 0 spiro atoms. The van der Waals surface area contributed by atoms with Gasteiger partial charge in [-0.3, -0.25) is 24.5 Å². The van der Waals surface area contributed by atoms with Gasteiger partial charge in [-0.05, 0) is 34.7 Å². The number of nitrogens with two attached hydrogens (primary N) is 1. The zero-order valence-corrected chi connectivity index (χ0v) is 29.9. The second kappa shape index (κ2) is 16.1. The number of para-hydroxylation sites is 1. The number of H-pyrrole nitrogens is 1. The van der Waals surface area contributed by atoms with Crippen LogP contribution >= 0.6 is 0 Å². The highest BCUT2D eigenvalue weighted by Gasteiger charge is 2.40. The molecule has 0 unspecified atom stereocenters. The second-order valence-electron chi connectivity index (χ2n) is 13.6. The topological polar surface area (TPSA) is 132 Å². The minimum Gasteiger partial charge on any atom is -0.368 e. The number of primary amides is 1. The number of nitrogens with one attached hydrogen (secondary N) is 2. The summed E-state index contributed by atoms with van der Waals surface area (Å²) >= 11 is 0. The number of carbonyl (C=O) groups excluding carboxylic acids is 4. The lowest BCUT2D eigenvalue weighted by atomic mass is 9.96. The lowest BCUT2D eigenvalue weighted by Gasteiger charge is -2.38. The largest absolute Gasteiger partial charge is 0.368 e. The first-order valence-electron chi connectivity index (χ1n) is 17.6. The van der Waals surface area contributed by atoms with E-state index in [2.05, 4.69) is 16.4 Å². The summed E-state index contributed by atoms with van der Waals surface area (Å²) in [6.07, 6.45) is 1.15. The quantitative estimate of drug-likeness (QED) is 0.172. The Hall–Kier alpha value is -5.74. The van der Waals surface area contributed by atoms with Gasteiger partial charge in [0.2, 0.25) is 23.6 Å². The molecule has 2 heterocycles. The van der Waals surface area contributed by atoms with E-state index in [4.69, 9.17) is 5.73 Å². The first-order chi connectivity index (χ1) is 25.1. The van der Waals surface area contributed by atoms with Gasteiger partial charge in [0.05, 0.1) is 6.04 Å². The third-order valence-corrected chi connectivity index (χ3v) is 10.3. The number of carbonyl (C=O) groups is 4. The predicted molar refractivity (Wildman–Crippen MR) is 202 cm³/mol. The Labute approximate surface area is 304 Å². The minimum atomic E-state index is -0.985. The van der Waals surface area contributed by atoms with Crippen LogP contribution in [-0.2, 0) is 51.4 Å². The number of benzene rings is 4. The van der Waals surface area contributed by atoms with Crippen LogP contribution < -0.4 is 11.1 Å². The Bertz CT molecular complexity index is 2020. The van der Waals surface area contributed by atoms with Gasteiger partial charge in [-0.1, -0.05) is 109 Å². The summed E-state index contributed by atoms with van der Waals surface area (Å²) in [7, 11) is 4.82. The Morgan fingerprint density at radius 1 is 0.635 bits per heavy atom. The third-order valence-electron chi connectivity index (χ3n) is 10.3. The molecule has 52 heavy (non-hydrogen) atoms. The highest BCUT2D eigenvalue weighted by atomic mass is 16.2. The fraction of sp³-hybridized carbons (Fsp3) is 0.286. The van der Waals surface area contributed by atoms with Crippen molar-refractivity contribution in [3.8, 4) is 0 Å². The van der Waals surface area contributed by atoms with Crippen molar-refractivity contribution in [1.82, 2.24) is 25.0 Å². The van der Waals surface area contributed by atoms with E-state index in [1.807, 2.05) is 109 Å². The van der Waals surface area contributed by atoms with Crippen LogP contribution in [0.25, 0.3) is 10.9 Å². The summed E-state index contributed by atoms with van der Waals surface area (Å²) in [5.74, 6) is -1.66. The van der Waals surface area contributed by atoms with Crippen molar-refractivity contribution in [2.75, 3.05) is 21.1 Å². The molecular weight excluding hydrogens is 653 g/mol. The number of amides is 4. The van der Waals surface area contributed by atoms with Crippen LogP contribution in [-0.4, -0.2) is 88.6 Å². The van der Waals surface area contributed by atoms with Gasteiger partial charge in [0.15, 0.2) is 0 Å². The van der Waals surface area contributed by atoms with Crippen molar-refractivity contribution in [3.05, 3.63) is 143 Å². The molecule has 1 aromatic heterocycles. The fourth-order valence-corrected chi connectivity index (χ4v) is 7.21. The van der Waals surface area contributed by atoms with E-state index >= 15 is 0 Å². The predicted octanol–water partition coefficient (Wildman–Crippen LogP) is 3.88. The lowest BCUT2D eigenvalue weighted by molar-refractivity contribution is -0.151. The number of rotatable bonds is 13. The highest BCUT2D eigenvalue weighted by molar-refractivity contribution is 5.95. The summed E-state index contributed by atoms with van der Waals surface area (Å²) in [5, 5.41) is 4.47. The molecule has 268 valence electrons. The molecule has 4 amide bonds. The Kier molecular flexibility index (Phi) is 11.2. The monoisotopic (exact) mass is 698 g/mol. The standard InChI is InChI=1S/C42H46N6O4/c1-46(36(39(43)49)23-28-15-7-4-8-16-28)41(51)38(25-30-19-11-6-12-20-30)48(3)42(52)37(24-29-17-9-5-10-18-29)47(2)40(50)34-26-32-31-21-13-14-22-33(31)45-35(32)27-44-34/h4-22,34,36-38,44-45H,23-27H2,1-3H3,(H2,43,49)/t34-,36-,37-,38-/m0/s1. The van der Waals surface area contributed by atoms with Crippen molar-refractivity contribution in [3.63, 3.8) is 0 Å². The zero-order chi connectivity index (χ0) is 36.8. The van der Waals surface area contributed by atoms with Crippen LogP contribution in [0.2, 0.25) is 0 Å². The number of nitrogens with zero attached hydrogens (tertiary/aromatic N) is 3. The van der Waals surface area contributed by atoms with Crippen LogP contribution in [0.15, 0.2) is 115 Å². The maximum absolute atomic E-state index is 14.8. The first kappa shape index (κ1) is 36.1. The Morgan fingerprint density at radius 2 is 1.08 bits per heavy atom. The Balaban J connectivity index is 1.29. The summed E-state index contributed by atoms with van der Waals surface area (Å²) in [6, 6.07) is 33.1. The smallest absolute Gasteiger partial charge is 0.246 e. The zero-order valence-electron chi connectivity index (χ0n) is 29.9. The molecule has 0 saturated carbocycles. The Morgan fingerprint density at radius 3 is 1.60 bits per heavy atom. The van der Waals surface area contributed by atoms with Crippen molar-refractivity contribution in [2.45, 2.75) is 56.4 Å². The molecule has 5 aromatic rings. The molecule has 1 aliphatic rings. The van der Waals surface area contributed by atoms with E-state index in [0.717, 1.165) is 38.9 Å². The number of aromatic nitrogens is 1. The van der Waals surface area contributed by atoms with Crippen LogP contribution in [0, 0.1) is 0 Å². The average molecular weight is 699 g/mol. The molecule has 0 fully saturated rings. The van der Waals surface area contributed by atoms with Crippen LogP contribution in [0.5, 0.6) is 0 Å². The van der Waals surface area contributed by atoms with Crippen LogP contribution in [0.3, 0.4) is 0 Å². The van der Waals surface area contributed by atoms with Crippen molar-refractivity contribution < 1.29 is 19.2 Å². The number of aromatic amines is 1. The molecule has 6 rings (SSSR count). The van der Waals surface area contributed by atoms with E-state index in [9.17, 15) is 19.2 Å². The van der Waals surface area contributed by atoms with E-state index in [1.165, 1.54) is 14.7 Å². The number of hydrogen-bond donors (Lipinski definition) is 3. The average Bonchev–Trinajstić information content (AvgIpc) is 3.55. The van der Waals surface area contributed by atoms with Gasteiger partial charge in [-0.2, -0.15) is 0 Å². The van der Waals surface area contributed by atoms with Gasteiger partial charge in [-0.15, -0.1) is 0 Å². The summed E-state index contributed by atoms with van der Waals surface area (Å²) in [5.41, 5.74) is 11.6. The van der Waals surface area contributed by atoms with Gasteiger partial charge in [-0.25, -0.2) is 0 Å². The number of likely N-dealkylation sites (N-methyl/N-ethyl adjacent to an activating group) is 3. The van der Waals surface area contributed by atoms with Gasteiger partial charge in [0, 0.05) is 63.5 Å². The van der Waals surface area contributed by atoms with Gasteiger partial charge < -0.3 is 25.4 Å². The molecule has 0 bridgehead atoms. The van der Waals surface area contributed by atoms with E-state index in [-0.39, 0.29) is 31.1 Å². The fourth-order valence-electron chi connectivity index (χ4n) is 7.21. The van der Waals surface area contributed by atoms with Gasteiger partial charge in [0.25, 0.3) is 0 Å². The summed E-state index contributed by atoms with van der Waals surface area (Å²) in [6.45, 7) is 0.495. The molecule has 0 saturated heterocycles. The summed E-state index contributed by atoms with van der Waals surface area (Å²) < 4.78 is 0. The third kappa shape index (κ3) is 7.92. The molecular formula is C42H46N6O4. The molecule has 4 N–H and O–H groups in total. The molecule has 0 radical (unpaired) electrons. The van der Waals surface area contributed by atoms with Gasteiger partial charge in [0.1, 0.15) is 18.1 Å². The minimum absolute atomic E-state index is 0.201.